The fourth-order valence-corrected chi connectivity index (χ4v) is 8.01. The molecule has 3 aromatic carbocycles. The second kappa shape index (κ2) is 12.1. The SMILES string of the molecule is CCN1CCC2C(C1)c1cc(C3CCCN(C(=O)OCc4ccccc4)CCc4c3[nH]c3ccccc43)ccc1N2CC. The molecule has 3 aliphatic rings. The van der Waals surface area contributed by atoms with Crippen LogP contribution >= 0.6 is 0 Å². The van der Waals surface area contributed by atoms with Gasteiger partial charge in [0.2, 0.25) is 0 Å². The van der Waals surface area contributed by atoms with Crippen molar-refractivity contribution < 1.29 is 9.53 Å². The van der Waals surface area contributed by atoms with E-state index < -0.39 is 0 Å². The topological polar surface area (TPSA) is 51.8 Å². The van der Waals surface area contributed by atoms with Gasteiger partial charge in [0.05, 0.1) is 0 Å². The zero-order valence-corrected chi connectivity index (χ0v) is 25.6. The molecule has 4 heterocycles. The number of fused-ring (bicyclic) bond motifs is 6. The Kier molecular flexibility index (Phi) is 7.87. The summed E-state index contributed by atoms with van der Waals surface area (Å²) >= 11 is 0. The lowest BCUT2D eigenvalue weighted by Gasteiger charge is -2.38. The summed E-state index contributed by atoms with van der Waals surface area (Å²) in [7, 11) is 0. The number of hydrogen-bond donors (Lipinski definition) is 1. The van der Waals surface area contributed by atoms with E-state index in [4.69, 9.17) is 4.74 Å². The third-order valence-corrected chi connectivity index (χ3v) is 10.2. The number of benzene rings is 3. The summed E-state index contributed by atoms with van der Waals surface area (Å²) in [5.74, 6) is 0.824. The van der Waals surface area contributed by atoms with Crippen molar-refractivity contribution in [2.75, 3.05) is 44.2 Å². The molecule has 4 aromatic rings. The normalized spacial score (nSPS) is 22.3. The van der Waals surface area contributed by atoms with E-state index in [0.717, 1.165) is 44.5 Å². The zero-order valence-electron chi connectivity index (χ0n) is 25.6. The summed E-state index contributed by atoms with van der Waals surface area (Å²) in [5.41, 5.74) is 9.22. The van der Waals surface area contributed by atoms with Crippen LogP contribution in [0.2, 0.25) is 0 Å². The Morgan fingerprint density at radius 1 is 0.930 bits per heavy atom. The van der Waals surface area contributed by atoms with Crippen LogP contribution in [-0.2, 0) is 17.8 Å². The molecule has 6 nitrogen and oxygen atoms in total. The molecule has 43 heavy (non-hydrogen) atoms. The van der Waals surface area contributed by atoms with E-state index in [-0.39, 0.29) is 12.0 Å². The van der Waals surface area contributed by atoms with Gasteiger partial charge < -0.3 is 24.4 Å². The number of anilines is 1. The smallest absolute Gasteiger partial charge is 0.410 e. The van der Waals surface area contributed by atoms with Crippen molar-refractivity contribution in [2.24, 2.45) is 0 Å². The quantitative estimate of drug-likeness (QED) is 0.271. The number of likely N-dealkylation sites (N-methyl/N-ethyl adjacent to an activating group) is 2. The number of carbonyl (C=O) groups excluding carboxylic acids is 1. The Hall–Kier alpha value is -3.77. The van der Waals surface area contributed by atoms with Crippen LogP contribution in [0.15, 0.2) is 72.8 Å². The molecular formula is C37H44N4O2. The molecule has 7 rings (SSSR count). The maximum atomic E-state index is 13.3. The molecule has 1 saturated heterocycles. The van der Waals surface area contributed by atoms with Crippen LogP contribution in [0.3, 0.4) is 0 Å². The number of nitrogens with zero attached hydrogens (tertiary/aromatic N) is 3. The van der Waals surface area contributed by atoms with Crippen molar-refractivity contribution in [1.82, 2.24) is 14.8 Å². The highest BCUT2D eigenvalue weighted by molar-refractivity contribution is 5.85. The number of amides is 1. The van der Waals surface area contributed by atoms with Crippen LogP contribution in [0.1, 0.15) is 72.9 Å². The van der Waals surface area contributed by atoms with Gasteiger partial charge in [0.25, 0.3) is 0 Å². The molecule has 0 aliphatic carbocycles. The minimum atomic E-state index is -0.218. The summed E-state index contributed by atoms with van der Waals surface area (Å²) in [5, 5.41) is 1.27. The number of aromatic nitrogens is 1. The fraction of sp³-hybridized carbons (Fsp3) is 0.432. The zero-order chi connectivity index (χ0) is 29.3. The van der Waals surface area contributed by atoms with Gasteiger partial charge in [-0.3, -0.25) is 0 Å². The van der Waals surface area contributed by atoms with Crippen molar-refractivity contribution in [1.29, 1.82) is 0 Å². The summed E-state index contributed by atoms with van der Waals surface area (Å²) in [4.78, 5) is 24.3. The molecule has 3 atom stereocenters. The van der Waals surface area contributed by atoms with Crippen molar-refractivity contribution in [3.63, 3.8) is 0 Å². The van der Waals surface area contributed by atoms with Crippen molar-refractivity contribution in [3.8, 4) is 0 Å². The maximum Gasteiger partial charge on any atom is 0.410 e. The highest BCUT2D eigenvalue weighted by Crippen LogP contribution is 2.47. The van der Waals surface area contributed by atoms with Gasteiger partial charge in [-0.15, -0.1) is 0 Å². The van der Waals surface area contributed by atoms with Crippen LogP contribution in [0.4, 0.5) is 10.5 Å². The average molecular weight is 577 g/mol. The Morgan fingerprint density at radius 3 is 2.60 bits per heavy atom. The lowest BCUT2D eigenvalue weighted by Crippen LogP contribution is -2.46. The van der Waals surface area contributed by atoms with Gasteiger partial charge in [-0.1, -0.05) is 67.6 Å². The number of piperidine rings is 1. The number of H-pyrrole nitrogens is 1. The first-order valence-electron chi connectivity index (χ1n) is 16.3. The highest BCUT2D eigenvalue weighted by Gasteiger charge is 2.41. The first kappa shape index (κ1) is 28.0. The van der Waals surface area contributed by atoms with E-state index in [9.17, 15) is 4.79 Å². The predicted molar refractivity (Wildman–Crippen MR) is 174 cm³/mol. The summed E-state index contributed by atoms with van der Waals surface area (Å²) < 4.78 is 5.78. The van der Waals surface area contributed by atoms with E-state index in [1.807, 2.05) is 35.2 Å². The maximum absolute atomic E-state index is 13.3. The Balaban J connectivity index is 1.20. The standard InChI is InChI=1S/C37H44N4O2/c1-3-39-21-19-35-32(24-39)31-23-27(16-17-34(31)41(35)4-2)28-14-10-20-40(37(42)43-25-26-11-6-5-7-12-26)22-18-30-29-13-8-9-15-33(29)38-36(28)30/h5-9,11-13,15-17,23,28,32,35,38H,3-4,10,14,18-22,24-25H2,1-2H3. The summed E-state index contributed by atoms with van der Waals surface area (Å²) in [6, 6.07) is 26.5. The van der Waals surface area contributed by atoms with E-state index in [1.165, 1.54) is 51.9 Å². The van der Waals surface area contributed by atoms with Gasteiger partial charge in [0.1, 0.15) is 6.61 Å². The van der Waals surface area contributed by atoms with Crippen molar-refractivity contribution >= 4 is 22.7 Å². The van der Waals surface area contributed by atoms with E-state index in [2.05, 4.69) is 71.1 Å². The van der Waals surface area contributed by atoms with Gasteiger partial charge in [0, 0.05) is 72.9 Å². The Bertz CT molecular complexity index is 1580. The lowest BCUT2D eigenvalue weighted by atomic mass is 9.84. The Morgan fingerprint density at radius 2 is 1.77 bits per heavy atom. The van der Waals surface area contributed by atoms with Crippen LogP contribution in [-0.4, -0.2) is 66.2 Å². The van der Waals surface area contributed by atoms with Crippen LogP contribution in [0, 0.1) is 0 Å². The minimum Gasteiger partial charge on any atom is -0.445 e. The number of hydrogen-bond acceptors (Lipinski definition) is 4. The van der Waals surface area contributed by atoms with Gasteiger partial charge in [-0.2, -0.15) is 0 Å². The number of carbonyl (C=O) groups is 1. The van der Waals surface area contributed by atoms with Gasteiger partial charge in [-0.05, 0) is 73.5 Å². The first-order valence-corrected chi connectivity index (χ1v) is 16.3. The molecule has 1 N–H and O–H groups in total. The second-order valence-corrected chi connectivity index (χ2v) is 12.5. The molecule has 6 heteroatoms. The average Bonchev–Trinajstić information content (AvgIpc) is 3.59. The van der Waals surface area contributed by atoms with Gasteiger partial charge in [0.15, 0.2) is 0 Å². The monoisotopic (exact) mass is 576 g/mol. The summed E-state index contributed by atoms with van der Waals surface area (Å²) in [6.07, 6.45) is 3.73. The number of rotatable bonds is 5. The van der Waals surface area contributed by atoms with Crippen molar-refractivity contribution in [3.05, 3.63) is 101 Å². The number of likely N-dealkylation sites (tertiary alicyclic amines) is 1. The first-order chi connectivity index (χ1) is 21.1. The molecule has 1 fully saturated rings. The number of para-hydroxylation sites is 1. The fourth-order valence-electron chi connectivity index (χ4n) is 8.01. The third kappa shape index (κ3) is 5.31. The van der Waals surface area contributed by atoms with E-state index in [0.29, 0.717) is 31.7 Å². The van der Waals surface area contributed by atoms with E-state index >= 15 is 0 Å². The molecule has 0 saturated carbocycles. The predicted octanol–water partition coefficient (Wildman–Crippen LogP) is 7.29. The molecule has 3 aliphatic heterocycles. The van der Waals surface area contributed by atoms with Gasteiger partial charge in [-0.25, -0.2) is 4.79 Å². The molecule has 224 valence electrons. The number of ether oxygens (including phenoxy) is 1. The van der Waals surface area contributed by atoms with Crippen molar-refractivity contribution in [2.45, 2.75) is 64.0 Å². The number of aromatic amines is 1. The molecule has 3 unspecified atom stereocenters. The molecule has 0 spiro atoms. The highest BCUT2D eigenvalue weighted by atomic mass is 16.6. The largest absolute Gasteiger partial charge is 0.445 e. The molecule has 1 aromatic heterocycles. The minimum absolute atomic E-state index is 0.218. The van der Waals surface area contributed by atoms with Gasteiger partial charge >= 0.3 is 6.09 Å². The van der Waals surface area contributed by atoms with E-state index in [1.54, 1.807) is 0 Å². The molecule has 0 bridgehead atoms. The van der Waals surface area contributed by atoms with Crippen LogP contribution in [0.5, 0.6) is 0 Å². The summed E-state index contributed by atoms with van der Waals surface area (Å²) in [6.45, 7) is 10.8. The second-order valence-electron chi connectivity index (χ2n) is 12.5. The lowest BCUT2D eigenvalue weighted by molar-refractivity contribution is 0.0960. The third-order valence-electron chi connectivity index (χ3n) is 10.2. The van der Waals surface area contributed by atoms with Crippen LogP contribution < -0.4 is 4.90 Å². The molecule has 0 radical (unpaired) electrons. The molecule has 1 amide bonds. The van der Waals surface area contributed by atoms with Crippen LogP contribution in [0.25, 0.3) is 10.9 Å². The Labute approximate surface area is 255 Å². The number of nitrogens with one attached hydrogen (secondary N) is 1. The molecular weight excluding hydrogens is 532 g/mol.